The quantitative estimate of drug-likeness (QED) is 0.815. The smallest absolute Gasteiger partial charge is 0.0980 e. The largest absolute Gasteiger partial charge is 0.295 e. The first-order valence-electron chi connectivity index (χ1n) is 5.35. The van der Waals surface area contributed by atoms with Crippen LogP contribution in [0.2, 0.25) is 0 Å². The van der Waals surface area contributed by atoms with Gasteiger partial charge in [0.2, 0.25) is 0 Å². The third kappa shape index (κ3) is 3.38. The van der Waals surface area contributed by atoms with Crippen LogP contribution in [0.1, 0.15) is 32.4 Å². The molecule has 1 aromatic carbocycles. The summed E-state index contributed by atoms with van der Waals surface area (Å²) in [4.78, 5) is 0. The van der Waals surface area contributed by atoms with Crippen LogP contribution in [0, 0.1) is 17.2 Å². The van der Waals surface area contributed by atoms with Gasteiger partial charge in [-0.25, -0.2) is 0 Å². The molecule has 0 heterocycles. The molecule has 1 aromatic rings. The van der Waals surface area contributed by atoms with Gasteiger partial charge in [-0.05, 0) is 18.4 Å². The van der Waals surface area contributed by atoms with Crippen LogP contribution in [-0.2, 0) is 0 Å². The van der Waals surface area contributed by atoms with Crippen molar-refractivity contribution in [1.82, 2.24) is 5.32 Å². The molecule has 0 saturated heterocycles. The van der Waals surface area contributed by atoms with Crippen molar-refractivity contribution in [3.05, 3.63) is 35.9 Å². The first-order valence-corrected chi connectivity index (χ1v) is 5.35. The molecular weight excluding hydrogens is 184 g/mol. The van der Waals surface area contributed by atoms with Gasteiger partial charge < -0.3 is 0 Å². The molecule has 1 rings (SSSR count). The Balaban J connectivity index is 2.64. The van der Waals surface area contributed by atoms with Crippen molar-refractivity contribution in [2.45, 2.75) is 32.9 Å². The maximum Gasteiger partial charge on any atom is 0.0980 e. The van der Waals surface area contributed by atoms with Crippen LogP contribution < -0.4 is 5.32 Å². The van der Waals surface area contributed by atoms with Crippen molar-refractivity contribution in [2.24, 2.45) is 5.92 Å². The number of benzene rings is 1. The van der Waals surface area contributed by atoms with Crippen molar-refractivity contribution in [3.8, 4) is 6.07 Å². The number of nitrogens with zero attached hydrogens (tertiary/aromatic N) is 1. The second-order valence-electron chi connectivity index (χ2n) is 4.15. The summed E-state index contributed by atoms with van der Waals surface area (Å²) in [6, 6.07) is 12.6. The zero-order chi connectivity index (χ0) is 11.3. The molecule has 0 bridgehead atoms. The van der Waals surface area contributed by atoms with Gasteiger partial charge in [-0.2, -0.15) is 5.26 Å². The van der Waals surface area contributed by atoms with Crippen LogP contribution in [0.25, 0.3) is 0 Å². The molecule has 2 unspecified atom stereocenters. The molecule has 0 saturated carbocycles. The monoisotopic (exact) mass is 202 g/mol. The Kier molecular flexibility index (Phi) is 4.33. The Morgan fingerprint density at radius 2 is 1.73 bits per heavy atom. The lowest BCUT2D eigenvalue weighted by Crippen LogP contribution is -2.34. The molecule has 15 heavy (non-hydrogen) atoms. The van der Waals surface area contributed by atoms with Crippen LogP contribution in [0.5, 0.6) is 0 Å². The van der Waals surface area contributed by atoms with Gasteiger partial charge in [-0.3, -0.25) is 5.32 Å². The first kappa shape index (κ1) is 11.7. The molecule has 0 aromatic heterocycles. The molecule has 0 radical (unpaired) electrons. The summed E-state index contributed by atoms with van der Waals surface area (Å²) in [5, 5.41) is 12.3. The highest BCUT2D eigenvalue weighted by Gasteiger charge is 2.15. The van der Waals surface area contributed by atoms with Gasteiger partial charge in [0.05, 0.1) is 12.1 Å². The highest BCUT2D eigenvalue weighted by atomic mass is 14.9. The average molecular weight is 202 g/mol. The van der Waals surface area contributed by atoms with Crippen molar-refractivity contribution >= 4 is 0 Å². The summed E-state index contributed by atoms with van der Waals surface area (Å²) in [6.45, 7) is 6.19. The van der Waals surface area contributed by atoms with Crippen LogP contribution in [0.3, 0.4) is 0 Å². The highest BCUT2D eigenvalue weighted by molar-refractivity contribution is 5.18. The maximum atomic E-state index is 8.98. The normalized spacial score (nSPS) is 14.6. The molecule has 0 amide bonds. The molecule has 2 heteroatoms. The zero-order valence-electron chi connectivity index (χ0n) is 9.57. The van der Waals surface area contributed by atoms with Crippen LogP contribution in [-0.4, -0.2) is 6.04 Å². The van der Waals surface area contributed by atoms with Gasteiger partial charge in [-0.1, -0.05) is 44.2 Å². The maximum absolute atomic E-state index is 8.98. The second kappa shape index (κ2) is 5.53. The fourth-order valence-corrected chi connectivity index (χ4v) is 1.49. The Morgan fingerprint density at radius 3 is 2.20 bits per heavy atom. The standard InChI is InChI=1S/C13H18N2/c1-10(2)13(9-14)15-11(3)12-7-5-4-6-8-12/h4-8,10-11,13,15H,1-3H3. The third-order valence-electron chi connectivity index (χ3n) is 2.53. The van der Waals surface area contributed by atoms with Gasteiger partial charge in [-0.15, -0.1) is 0 Å². The van der Waals surface area contributed by atoms with Gasteiger partial charge >= 0.3 is 0 Å². The van der Waals surface area contributed by atoms with Crippen molar-refractivity contribution in [3.63, 3.8) is 0 Å². The van der Waals surface area contributed by atoms with Crippen LogP contribution in [0.4, 0.5) is 0 Å². The molecule has 0 aliphatic rings. The fourth-order valence-electron chi connectivity index (χ4n) is 1.49. The zero-order valence-corrected chi connectivity index (χ0v) is 9.57. The van der Waals surface area contributed by atoms with Gasteiger partial charge in [0, 0.05) is 6.04 Å². The molecular formula is C13H18N2. The van der Waals surface area contributed by atoms with E-state index in [4.69, 9.17) is 5.26 Å². The summed E-state index contributed by atoms with van der Waals surface area (Å²) in [5.74, 6) is 0.334. The Hall–Kier alpha value is -1.33. The topological polar surface area (TPSA) is 35.8 Å². The summed E-state index contributed by atoms with van der Waals surface area (Å²) in [6.07, 6.45) is 0. The average Bonchev–Trinajstić information content (AvgIpc) is 2.26. The fraction of sp³-hybridized carbons (Fsp3) is 0.462. The van der Waals surface area contributed by atoms with Crippen LogP contribution >= 0.6 is 0 Å². The van der Waals surface area contributed by atoms with Gasteiger partial charge in [0.25, 0.3) is 0 Å². The van der Waals surface area contributed by atoms with Crippen molar-refractivity contribution < 1.29 is 0 Å². The van der Waals surface area contributed by atoms with E-state index in [-0.39, 0.29) is 12.1 Å². The summed E-state index contributed by atoms with van der Waals surface area (Å²) < 4.78 is 0. The van der Waals surface area contributed by atoms with Gasteiger partial charge in [0.15, 0.2) is 0 Å². The number of hydrogen-bond donors (Lipinski definition) is 1. The minimum Gasteiger partial charge on any atom is -0.295 e. The van der Waals surface area contributed by atoms with E-state index in [2.05, 4.69) is 44.3 Å². The van der Waals surface area contributed by atoms with Crippen molar-refractivity contribution in [1.29, 1.82) is 5.26 Å². The number of nitriles is 1. The lowest BCUT2D eigenvalue weighted by atomic mass is 10.0. The van der Waals surface area contributed by atoms with Crippen LogP contribution in [0.15, 0.2) is 30.3 Å². The summed E-state index contributed by atoms with van der Waals surface area (Å²) in [5.41, 5.74) is 1.22. The van der Waals surface area contributed by atoms with E-state index in [1.807, 2.05) is 18.2 Å². The third-order valence-corrected chi connectivity index (χ3v) is 2.53. The summed E-state index contributed by atoms with van der Waals surface area (Å²) >= 11 is 0. The highest BCUT2D eigenvalue weighted by Crippen LogP contribution is 2.13. The Labute approximate surface area is 91.9 Å². The molecule has 1 N–H and O–H groups in total. The molecule has 2 nitrogen and oxygen atoms in total. The lowest BCUT2D eigenvalue weighted by molar-refractivity contribution is 0.428. The Bertz CT molecular complexity index is 324. The first-order chi connectivity index (χ1) is 7.15. The number of nitrogens with one attached hydrogen (secondary N) is 1. The molecule has 2 atom stereocenters. The second-order valence-corrected chi connectivity index (χ2v) is 4.15. The van der Waals surface area contributed by atoms with E-state index < -0.39 is 0 Å². The molecule has 0 spiro atoms. The van der Waals surface area contributed by atoms with Crippen molar-refractivity contribution in [2.75, 3.05) is 0 Å². The Morgan fingerprint density at radius 1 is 1.13 bits per heavy atom. The molecule has 0 fully saturated rings. The van der Waals surface area contributed by atoms with E-state index in [1.165, 1.54) is 5.56 Å². The molecule has 0 aliphatic heterocycles. The van der Waals surface area contributed by atoms with E-state index in [0.29, 0.717) is 5.92 Å². The predicted octanol–water partition coefficient (Wildman–Crippen LogP) is 2.89. The predicted molar refractivity (Wildman–Crippen MR) is 62.2 cm³/mol. The molecule has 80 valence electrons. The van der Waals surface area contributed by atoms with Gasteiger partial charge in [0.1, 0.15) is 0 Å². The van der Waals surface area contributed by atoms with E-state index in [9.17, 15) is 0 Å². The SMILES string of the molecule is CC(NC(C#N)C(C)C)c1ccccc1. The van der Waals surface area contributed by atoms with E-state index in [1.54, 1.807) is 0 Å². The number of hydrogen-bond acceptors (Lipinski definition) is 2. The van der Waals surface area contributed by atoms with E-state index >= 15 is 0 Å². The minimum absolute atomic E-state index is 0.0831. The number of rotatable bonds is 4. The van der Waals surface area contributed by atoms with E-state index in [0.717, 1.165) is 0 Å². The lowest BCUT2D eigenvalue weighted by Gasteiger charge is -2.20. The summed E-state index contributed by atoms with van der Waals surface area (Å²) in [7, 11) is 0. The minimum atomic E-state index is -0.0831. The molecule has 0 aliphatic carbocycles.